The van der Waals surface area contributed by atoms with Crippen LogP contribution in [0, 0.1) is 6.92 Å². The van der Waals surface area contributed by atoms with E-state index in [9.17, 15) is 9.59 Å². The van der Waals surface area contributed by atoms with Crippen LogP contribution < -0.4 is 10.9 Å². The van der Waals surface area contributed by atoms with E-state index >= 15 is 0 Å². The van der Waals surface area contributed by atoms with E-state index in [1.165, 1.54) is 10.7 Å². The van der Waals surface area contributed by atoms with Gasteiger partial charge in [-0.05, 0) is 31.5 Å². The second-order valence-electron chi connectivity index (χ2n) is 6.15. The standard InChI is InChI=1S/C21H21N3O2/c1-3-19(21(26)22-17-7-5-4-6-8-17)24-20(25)14-13-18(23-24)16-11-9-15(2)10-12-16/h4-14,19H,3H2,1-2H3,(H,22,26). The first-order valence-electron chi connectivity index (χ1n) is 8.61. The lowest BCUT2D eigenvalue weighted by atomic mass is 10.1. The summed E-state index contributed by atoms with van der Waals surface area (Å²) in [7, 11) is 0. The minimum atomic E-state index is -0.673. The van der Waals surface area contributed by atoms with Crippen LogP contribution in [0.25, 0.3) is 11.3 Å². The number of benzene rings is 2. The summed E-state index contributed by atoms with van der Waals surface area (Å²) in [5.41, 5.74) is 3.11. The quantitative estimate of drug-likeness (QED) is 0.763. The third-order valence-corrected chi connectivity index (χ3v) is 4.20. The molecule has 0 saturated carbocycles. The molecule has 1 heterocycles. The molecule has 1 N–H and O–H groups in total. The van der Waals surface area contributed by atoms with E-state index in [0.717, 1.165) is 11.1 Å². The molecule has 0 aliphatic carbocycles. The number of amides is 1. The molecule has 2 aromatic carbocycles. The highest BCUT2D eigenvalue weighted by Gasteiger charge is 2.21. The van der Waals surface area contributed by atoms with Crippen LogP contribution in [-0.2, 0) is 4.79 Å². The van der Waals surface area contributed by atoms with Crippen LogP contribution in [0.3, 0.4) is 0 Å². The molecular formula is C21H21N3O2. The molecule has 0 radical (unpaired) electrons. The SMILES string of the molecule is CCC(C(=O)Nc1ccccc1)n1nc(-c2ccc(C)cc2)ccc1=O. The number of carbonyl (C=O) groups is 1. The van der Waals surface area contributed by atoms with Crippen LogP contribution in [0.15, 0.2) is 71.5 Å². The van der Waals surface area contributed by atoms with Gasteiger partial charge in [0.15, 0.2) is 0 Å². The molecule has 0 spiro atoms. The van der Waals surface area contributed by atoms with Crippen LogP contribution in [0.2, 0.25) is 0 Å². The zero-order chi connectivity index (χ0) is 18.5. The molecule has 5 nitrogen and oxygen atoms in total. The Bertz CT molecular complexity index is 947. The molecule has 1 aromatic heterocycles. The van der Waals surface area contributed by atoms with Gasteiger partial charge in [0.1, 0.15) is 6.04 Å². The molecule has 0 saturated heterocycles. The van der Waals surface area contributed by atoms with Crippen LogP contribution >= 0.6 is 0 Å². The van der Waals surface area contributed by atoms with Gasteiger partial charge in [-0.25, -0.2) is 4.68 Å². The van der Waals surface area contributed by atoms with Gasteiger partial charge in [0.2, 0.25) is 5.91 Å². The van der Waals surface area contributed by atoms with Crippen molar-refractivity contribution < 1.29 is 4.79 Å². The lowest BCUT2D eigenvalue weighted by molar-refractivity contribution is -0.119. The fourth-order valence-corrected chi connectivity index (χ4v) is 2.74. The average Bonchev–Trinajstić information content (AvgIpc) is 2.65. The van der Waals surface area contributed by atoms with Crippen molar-refractivity contribution in [3.8, 4) is 11.3 Å². The third-order valence-electron chi connectivity index (χ3n) is 4.20. The monoisotopic (exact) mass is 347 g/mol. The van der Waals surface area contributed by atoms with Crippen molar-refractivity contribution in [1.29, 1.82) is 0 Å². The fraction of sp³-hybridized carbons (Fsp3) is 0.190. The van der Waals surface area contributed by atoms with Gasteiger partial charge in [0, 0.05) is 17.3 Å². The first-order chi connectivity index (χ1) is 12.6. The molecule has 0 aliphatic heterocycles. The van der Waals surface area contributed by atoms with Crippen LogP contribution in [-0.4, -0.2) is 15.7 Å². The highest BCUT2D eigenvalue weighted by atomic mass is 16.2. The molecule has 0 fully saturated rings. The van der Waals surface area contributed by atoms with E-state index in [1.54, 1.807) is 6.07 Å². The van der Waals surface area contributed by atoms with Crippen molar-refractivity contribution in [2.45, 2.75) is 26.3 Å². The van der Waals surface area contributed by atoms with Crippen molar-refractivity contribution in [2.75, 3.05) is 5.32 Å². The van der Waals surface area contributed by atoms with Crippen molar-refractivity contribution in [2.24, 2.45) is 0 Å². The summed E-state index contributed by atoms with van der Waals surface area (Å²) in [5, 5.41) is 7.30. The maximum Gasteiger partial charge on any atom is 0.267 e. The second kappa shape index (κ2) is 7.78. The number of rotatable bonds is 5. The molecule has 5 heteroatoms. The number of hydrogen-bond donors (Lipinski definition) is 1. The van der Waals surface area contributed by atoms with Gasteiger partial charge >= 0.3 is 0 Å². The molecule has 132 valence electrons. The Hall–Kier alpha value is -3.21. The normalized spacial score (nSPS) is 11.8. The van der Waals surface area contributed by atoms with E-state index in [1.807, 2.05) is 68.4 Å². The molecule has 26 heavy (non-hydrogen) atoms. The molecule has 1 amide bonds. The summed E-state index contributed by atoms with van der Waals surface area (Å²) >= 11 is 0. The van der Waals surface area contributed by atoms with E-state index in [-0.39, 0.29) is 11.5 Å². The van der Waals surface area contributed by atoms with Crippen LogP contribution in [0.1, 0.15) is 24.9 Å². The zero-order valence-corrected chi connectivity index (χ0v) is 14.8. The molecule has 1 unspecified atom stereocenters. The largest absolute Gasteiger partial charge is 0.324 e. The number of hydrogen-bond acceptors (Lipinski definition) is 3. The highest BCUT2D eigenvalue weighted by molar-refractivity contribution is 5.93. The average molecular weight is 347 g/mol. The maximum atomic E-state index is 12.7. The molecule has 3 aromatic rings. The Morgan fingerprint density at radius 3 is 2.38 bits per heavy atom. The first kappa shape index (κ1) is 17.6. The molecular weight excluding hydrogens is 326 g/mol. The van der Waals surface area contributed by atoms with Gasteiger partial charge in [-0.15, -0.1) is 0 Å². The number of para-hydroxylation sites is 1. The number of aromatic nitrogens is 2. The van der Waals surface area contributed by atoms with Gasteiger partial charge in [-0.3, -0.25) is 9.59 Å². The lowest BCUT2D eigenvalue weighted by Gasteiger charge is -2.17. The van der Waals surface area contributed by atoms with Crippen molar-refractivity contribution in [3.05, 3.63) is 82.6 Å². The summed E-state index contributed by atoms with van der Waals surface area (Å²) in [4.78, 5) is 25.0. The van der Waals surface area contributed by atoms with Crippen LogP contribution in [0.5, 0.6) is 0 Å². The number of carbonyl (C=O) groups excluding carboxylic acids is 1. The Morgan fingerprint density at radius 1 is 1.04 bits per heavy atom. The third kappa shape index (κ3) is 3.88. The fourth-order valence-electron chi connectivity index (χ4n) is 2.74. The predicted octanol–water partition coefficient (Wildman–Crippen LogP) is 3.81. The Labute approximate surface area is 152 Å². The summed E-state index contributed by atoms with van der Waals surface area (Å²) < 4.78 is 1.27. The van der Waals surface area contributed by atoms with Gasteiger partial charge in [-0.2, -0.15) is 5.10 Å². The van der Waals surface area contributed by atoms with Gasteiger partial charge < -0.3 is 5.32 Å². The van der Waals surface area contributed by atoms with Crippen molar-refractivity contribution in [3.63, 3.8) is 0 Å². The van der Waals surface area contributed by atoms with Gasteiger partial charge in [0.05, 0.1) is 5.69 Å². The van der Waals surface area contributed by atoms with Gasteiger partial charge in [-0.1, -0.05) is 55.0 Å². The Balaban J connectivity index is 1.92. The number of anilines is 1. The highest BCUT2D eigenvalue weighted by Crippen LogP contribution is 2.18. The number of aryl methyl sites for hydroxylation is 1. The van der Waals surface area contributed by atoms with E-state index in [0.29, 0.717) is 17.8 Å². The summed E-state index contributed by atoms with van der Waals surface area (Å²) in [5.74, 6) is -0.255. The van der Waals surface area contributed by atoms with E-state index in [4.69, 9.17) is 0 Å². The molecule has 1 atom stereocenters. The number of nitrogens with one attached hydrogen (secondary N) is 1. The Morgan fingerprint density at radius 2 is 1.73 bits per heavy atom. The smallest absolute Gasteiger partial charge is 0.267 e. The van der Waals surface area contributed by atoms with Crippen molar-refractivity contribution in [1.82, 2.24) is 9.78 Å². The molecule has 0 bridgehead atoms. The first-order valence-corrected chi connectivity index (χ1v) is 8.61. The number of nitrogens with zero attached hydrogens (tertiary/aromatic N) is 2. The maximum absolute atomic E-state index is 12.7. The van der Waals surface area contributed by atoms with Gasteiger partial charge in [0.25, 0.3) is 5.56 Å². The predicted molar refractivity (Wildman–Crippen MR) is 103 cm³/mol. The van der Waals surface area contributed by atoms with E-state index in [2.05, 4.69) is 10.4 Å². The van der Waals surface area contributed by atoms with E-state index < -0.39 is 6.04 Å². The lowest BCUT2D eigenvalue weighted by Crippen LogP contribution is -2.34. The topological polar surface area (TPSA) is 64.0 Å². The van der Waals surface area contributed by atoms with Crippen LogP contribution in [0.4, 0.5) is 5.69 Å². The summed E-state index contributed by atoms with van der Waals surface area (Å²) in [6, 6.07) is 19.6. The minimum absolute atomic E-state index is 0.255. The van der Waals surface area contributed by atoms with Crippen molar-refractivity contribution >= 4 is 11.6 Å². The minimum Gasteiger partial charge on any atom is -0.324 e. The summed E-state index contributed by atoms with van der Waals surface area (Å²) in [6.45, 7) is 3.88. The zero-order valence-electron chi connectivity index (χ0n) is 14.8. The molecule has 0 aliphatic rings. The summed E-state index contributed by atoms with van der Waals surface area (Å²) in [6.07, 6.45) is 0.461. The molecule has 3 rings (SSSR count). The Kier molecular flexibility index (Phi) is 5.27. The second-order valence-corrected chi connectivity index (χ2v) is 6.15.